The van der Waals surface area contributed by atoms with Gasteiger partial charge in [0, 0.05) is 19.1 Å². The summed E-state index contributed by atoms with van der Waals surface area (Å²) in [5.41, 5.74) is 0. The van der Waals surface area contributed by atoms with Crippen molar-refractivity contribution in [2.75, 3.05) is 33.7 Å². The standard InChI is InChI=1S/C15H27N3O/c1-17(2)12-6-4-8-18(10-12)15(19)14-13-7-3-5-11(13)9-16-14/h11-14,16H,3-10H2,1-2H3. The van der Waals surface area contributed by atoms with E-state index in [1.54, 1.807) is 0 Å². The van der Waals surface area contributed by atoms with Crippen molar-refractivity contribution >= 4 is 5.91 Å². The van der Waals surface area contributed by atoms with Crippen molar-refractivity contribution in [2.45, 2.75) is 44.2 Å². The molecule has 0 aromatic heterocycles. The Morgan fingerprint density at radius 3 is 2.84 bits per heavy atom. The van der Waals surface area contributed by atoms with Gasteiger partial charge >= 0.3 is 0 Å². The van der Waals surface area contributed by atoms with E-state index >= 15 is 0 Å². The van der Waals surface area contributed by atoms with Crippen LogP contribution in [0.4, 0.5) is 0 Å². The number of likely N-dealkylation sites (N-methyl/N-ethyl adjacent to an activating group) is 1. The highest BCUT2D eigenvalue weighted by Gasteiger charge is 2.44. The van der Waals surface area contributed by atoms with Crippen LogP contribution in [0, 0.1) is 11.8 Å². The molecular formula is C15H27N3O. The van der Waals surface area contributed by atoms with Gasteiger partial charge in [-0.05, 0) is 58.2 Å². The molecule has 0 radical (unpaired) electrons. The summed E-state index contributed by atoms with van der Waals surface area (Å²) in [7, 11) is 4.25. The molecule has 1 N–H and O–H groups in total. The average molecular weight is 265 g/mol. The van der Waals surface area contributed by atoms with E-state index in [-0.39, 0.29) is 6.04 Å². The Kier molecular flexibility index (Phi) is 3.81. The van der Waals surface area contributed by atoms with Gasteiger partial charge in [-0.3, -0.25) is 4.79 Å². The zero-order chi connectivity index (χ0) is 13.4. The maximum absolute atomic E-state index is 12.8. The highest BCUT2D eigenvalue weighted by atomic mass is 16.2. The minimum atomic E-state index is 0.119. The molecule has 1 aliphatic carbocycles. The number of rotatable bonds is 2. The van der Waals surface area contributed by atoms with E-state index in [9.17, 15) is 4.79 Å². The van der Waals surface area contributed by atoms with Crippen molar-refractivity contribution < 1.29 is 4.79 Å². The number of piperidine rings is 1. The maximum Gasteiger partial charge on any atom is 0.240 e. The van der Waals surface area contributed by atoms with Crippen molar-refractivity contribution in [3.63, 3.8) is 0 Å². The highest BCUT2D eigenvalue weighted by Crippen LogP contribution is 2.38. The Bertz CT molecular complexity index is 344. The lowest BCUT2D eigenvalue weighted by atomic mass is 9.92. The van der Waals surface area contributed by atoms with E-state index in [1.165, 1.54) is 25.7 Å². The molecular weight excluding hydrogens is 238 g/mol. The van der Waals surface area contributed by atoms with Crippen LogP contribution in [0.25, 0.3) is 0 Å². The van der Waals surface area contributed by atoms with Crippen LogP contribution in [0.1, 0.15) is 32.1 Å². The van der Waals surface area contributed by atoms with Crippen LogP contribution in [0.2, 0.25) is 0 Å². The van der Waals surface area contributed by atoms with E-state index in [0.29, 0.717) is 17.9 Å². The first-order valence-electron chi connectivity index (χ1n) is 7.85. The second-order valence-electron chi connectivity index (χ2n) is 6.78. The quantitative estimate of drug-likeness (QED) is 0.807. The smallest absolute Gasteiger partial charge is 0.240 e. The van der Waals surface area contributed by atoms with Crippen LogP contribution >= 0.6 is 0 Å². The molecule has 3 fully saturated rings. The molecule has 108 valence electrons. The maximum atomic E-state index is 12.8. The topological polar surface area (TPSA) is 35.6 Å². The number of likely N-dealkylation sites (tertiary alicyclic amines) is 1. The zero-order valence-corrected chi connectivity index (χ0v) is 12.3. The third-order valence-electron chi connectivity index (χ3n) is 5.45. The van der Waals surface area contributed by atoms with Gasteiger partial charge in [0.05, 0.1) is 6.04 Å². The molecule has 19 heavy (non-hydrogen) atoms. The molecule has 2 saturated heterocycles. The van der Waals surface area contributed by atoms with Crippen LogP contribution in [-0.2, 0) is 4.79 Å². The largest absolute Gasteiger partial charge is 0.340 e. The van der Waals surface area contributed by atoms with Crippen molar-refractivity contribution in [2.24, 2.45) is 11.8 Å². The van der Waals surface area contributed by atoms with Crippen molar-refractivity contribution in [1.29, 1.82) is 0 Å². The molecule has 3 aliphatic rings. The molecule has 3 rings (SSSR count). The summed E-state index contributed by atoms with van der Waals surface area (Å²) in [5.74, 6) is 1.76. The van der Waals surface area contributed by atoms with Crippen molar-refractivity contribution in [3.8, 4) is 0 Å². The third kappa shape index (κ3) is 2.52. The summed E-state index contributed by atoms with van der Waals surface area (Å²) in [4.78, 5) is 17.1. The summed E-state index contributed by atoms with van der Waals surface area (Å²) >= 11 is 0. The van der Waals surface area contributed by atoms with E-state index in [4.69, 9.17) is 0 Å². The van der Waals surface area contributed by atoms with E-state index in [2.05, 4.69) is 29.2 Å². The Balaban J connectivity index is 1.63. The monoisotopic (exact) mass is 265 g/mol. The Morgan fingerprint density at radius 2 is 2.05 bits per heavy atom. The first-order chi connectivity index (χ1) is 9.16. The van der Waals surface area contributed by atoms with Crippen LogP contribution in [0.15, 0.2) is 0 Å². The first kappa shape index (κ1) is 13.4. The molecule has 0 aromatic rings. The molecule has 2 aliphatic heterocycles. The lowest BCUT2D eigenvalue weighted by molar-refractivity contribution is -0.136. The zero-order valence-electron chi connectivity index (χ0n) is 12.3. The predicted molar refractivity (Wildman–Crippen MR) is 75.9 cm³/mol. The molecule has 0 spiro atoms. The third-order valence-corrected chi connectivity index (χ3v) is 5.45. The lowest BCUT2D eigenvalue weighted by Gasteiger charge is -2.38. The summed E-state index contributed by atoms with van der Waals surface area (Å²) < 4.78 is 0. The number of fused-ring (bicyclic) bond motifs is 1. The SMILES string of the molecule is CN(C)C1CCCN(C(=O)C2NCC3CCCC32)C1. The fraction of sp³-hybridized carbons (Fsp3) is 0.933. The van der Waals surface area contributed by atoms with Crippen molar-refractivity contribution in [1.82, 2.24) is 15.1 Å². The number of hydrogen-bond acceptors (Lipinski definition) is 3. The summed E-state index contributed by atoms with van der Waals surface area (Å²) in [6, 6.07) is 0.659. The van der Waals surface area contributed by atoms with Crippen LogP contribution < -0.4 is 5.32 Å². The predicted octanol–water partition coefficient (Wildman–Crippen LogP) is 0.927. The molecule has 2 heterocycles. The van der Waals surface area contributed by atoms with Gasteiger partial charge in [0.15, 0.2) is 0 Å². The van der Waals surface area contributed by atoms with Crippen LogP contribution in [0.5, 0.6) is 0 Å². The summed E-state index contributed by atoms with van der Waals surface area (Å²) in [6.45, 7) is 2.94. The van der Waals surface area contributed by atoms with Gasteiger partial charge in [0.2, 0.25) is 5.91 Å². The lowest BCUT2D eigenvalue weighted by Crippen LogP contribution is -2.53. The number of hydrogen-bond donors (Lipinski definition) is 1. The second kappa shape index (κ2) is 5.41. The van der Waals surface area contributed by atoms with Crippen LogP contribution in [0.3, 0.4) is 0 Å². The molecule has 0 aromatic carbocycles. The molecule has 4 unspecified atom stereocenters. The minimum Gasteiger partial charge on any atom is -0.340 e. The molecule has 1 amide bonds. The van der Waals surface area contributed by atoms with Gasteiger partial charge in [-0.15, -0.1) is 0 Å². The van der Waals surface area contributed by atoms with Gasteiger partial charge in [-0.25, -0.2) is 0 Å². The molecule has 4 nitrogen and oxygen atoms in total. The summed E-state index contributed by atoms with van der Waals surface area (Å²) in [5, 5.41) is 3.49. The fourth-order valence-corrected chi connectivity index (χ4v) is 4.23. The van der Waals surface area contributed by atoms with E-state index < -0.39 is 0 Å². The average Bonchev–Trinajstić information content (AvgIpc) is 3.00. The first-order valence-corrected chi connectivity index (χ1v) is 7.85. The fourth-order valence-electron chi connectivity index (χ4n) is 4.23. The van der Waals surface area contributed by atoms with Gasteiger partial charge in [-0.1, -0.05) is 6.42 Å². The number of nitrogens with zero attached hydrogens (tertiary/aromatic N) is 2. The van der Waals surface area contributed by atoms with Gasteiger partial charge < -0.3 is 15.1 Å². The van der Waals surface area contributed by atoms with Gasteiger partial charge in [-0.2, -0.15) is 0 Å². The van der Waals surface area contributed by atoms with Crippen LogP contribution in [-0.4, -0.2) is 61.5 Å². The normalized spacial score (nSPS) is 38.8. The second-order valence-corrected chi connectivity index (χ2v) is 6.78. The molecule has 4 heteroatoms. The van der Waals surface area contributed by atoms with E-state index in [1.807, 2.05) is 0 Å². The number of amides is 1. The number of carbonyl (C=O) groups is 1. The molecule has 0 bridgehead atoms. The van der Waals surface area contributed by atoms with Gasteiger partial charge in [0.25, 0.3) is 0 Å². The highest BCUT2D eigenvalue weighted by molar-refractivity contribution is 5.83. The van der Waals surface area contributed by atoms with Gasteiger partial charge in [0.1, 0.15) is 0 Å². The minimum absolute atomic E-state index is 0.119. The molecule has 4 atom stereocenters. The number of carbonyl (C=O) groups excluding carboxylic acids is 1. The van der Waals surface area contributed by atoms with E-state index in [0.717, 1.165) is 32.0 Å². The number of nitrogens with one attached hydrogen (secondary N) is 1. The summed E-state index contributed by atoms with van der Waals surface area (Å²) in [6.07, 6.45) is 6.26. The van der Waals surface area contributed by atoms with Crippen molar-refractivity contribution in [3.05, 3.63) is 0 Å². The molecule has 1 saturated carbocycles. The Hall–Kier alpha value is -0.610. The Morgan fingerprint density at radius 1 is 1.21 bits per heavy atom. The Labute approximate surface area is 116 Å².